The van der Waals surface area contributed by atoms with Gasteiger partial charge in [-0.25, -0.2) is 4.98 Å². The molecule has 4 rings (SSSR count). The molecule has 2 aromatic rings. The van der Waals surface area contributed by atoms with Gasteiger partial charge in [0.05, 0.1) is 5.69 Å². The van der Waals surface area contributed by atoms with Crippen molar-refractivity contribution in [2.75, 3.05) is 30.3 Å². The smallest absolute Gasteiger partial charge is 0.227 e. The van der Waals surface area contributed by atoms with Gasteiger partial charge < -0.3 is 10.6 Å². The minimum Gasteiger partial charge on any atom is -0.383 e. The second-order valence-corrected chi connectivity index (χ2v) is 6.47. The van der Waals surface area contributed by atoms with E-state index in [9.17, 15) is 0 Å². The van der Waals surface area contributed by atoms with E-state index < -0.39 is 0 Å². The van der Waals surface area contributed by atoms with Crippen molar-refractivity contribution in [2.24, 2.45) is 0 Å². The van der Waals surface area contributed by atoms with Crippen molar-refractivity contribution < 1.29 is 0 Å². The third kappa shape index (κ3) is 3.01. The summed E-state index contributed by atoms with van der Waals surface area (Å²) < 4.78 is 0. The fraction of sp³-hybridized carbons (Fsp3) is 0.444. The topological polar surface area (TPSA) is 58.3 Å². The van der Waals surface area contributed by atoms with E-state index in [1.807, 2.05) is 0 Å². The van der Waals surface area contributed by atoms with Crippen LogP contribution in [0.1, 0.15) is 29.7 Å². The van der Waals surface area contributed by atoms with Gasteiger partial charge in [-0.2, -0.15) is 4.98 Å². The van der Waals surface area contributed by atoms with Crippen LogP contribution in [-0.2, 0) is 19.5 Å². The molecule has 1 fully saturated rings. The number of nitrogen functional groups attached to an aromatic ring is 1. The molecule has 0 atom stereocenters. The molecule has 2 aliphatic rings. The maximum atomic E-state index is 6.21. The average molecular weight is 309 g/mol. The van der Waals surface area contributed by atoms with E-state index in [4.69, 9.17) is 10.7 Å². The van der Waals surface area contributed by atoms with Crippen molar-refractivity contribution in [1.82, 2.24) is 14.9 Å². The lowest BCUT2D eigenvalue weighted by Gasteiger charge is -2.29. The highest BCUT2D eigenvalue weighted by molar-refractivity contribution is 5.49. The Labute approximate surface area is 137 Å². The van der Waals surface area contributed by atoms with Gasteiger partial charge in [0, 0.05) is 38.3 Å². The quantitative estimate of drug-likeness (QED) is 0.942. The van der Waals surface area contributed by atoms with Crippen LogP contribution < -0.4 is 10.6 Å². The molecule has 2 N–H and O–H groups in total. The first-order valence-corrected chi connectivity index (χ1v) is 8.46. The normalized spacial score (nSPS) is 18.2. The molecule has 5 nitrogen and oxygen atoms in total. The van der Waals surface area contributed by atoms with Gasteiger partial charge in [0.1, 0.15) is 5.82 Å². The number of hydrogen-bond acceptors (Lipinski definition) is 5. The molecule has 1 aromatic carbocycles. The summed E-state index contributed by atoms with van der Waals surface area (Å²) in [7, 11) is 0. The van der Waals surface area contributed by atoms with E-state index in [0.29, 0.717) is 5.82 Å². The van der Waals surface area contributed by atoms with Crippen molar-refractivity contribution in [3.05, 3.63) is 47.2 Å². The zero-order valence-electron chi connectivity index (χ0n) is 13.4. The first-order chi connectivity index (χ1) is 11.3. The number of nitrogens with two attached hydrogens (primary N) is 1. The van der Waals surface area contributed by atoms with E-state index in [0.717, 1.165) is 56.4 Å². The molecule has 0 bridgehead atoms. The van der Waals surface area contributed by atoms with Crippen molar-refractivity contribution in [3.63, 3.8) is 0 Å². The SMILES string of the molecule is Nc1nc(N2CCCC2)nc2c1CCN(Cc1ccccc1)C2. The number of fused-ring (bicyclic) bond motifs is 1. The number of hydrogen-bond donors (Lipinski definition) is 1. The van der Waals surface area contributed by atoms with Gasteiger partial charge in [-0.15, -0.1) is 0 Å². The Bertz CT molecular complexity index is 679. The third-order valence-electron chi connectivity index (χ3n) is 4.80. The lowest BCUT2D eigenvalue weighted by molar-refractivity contribution is 0.241. The molecule has 2 aliphatic heterocycles. The van der Waals surface area contributed by atoms with Crippen LogP contribution in [0.3, 0.4) is 0 Å². The van der Waals surface area contributed by atoms with Crippen LogP contribution in [0.25, 0.3) is 0 Å². The Kier molecular flexibility index (Phi) is 3.87. The van der Waals surface area contributed by atoms with Gasteiger partial charge in [-0.3, -0.25) is 4.90 Å². The minimum atomic E-state index is 0.677. The van der Waals surface area contributed by atoms with Gasteiger partial charge in [0.25, 0.3) is 0 Å². The summed E-state index contributed by atoms with van der Waals surface area (Å²) in [6, 6.07) is 10.6. The lowest BCUT2D eigenvalue weighted by Crippen LogP contribution is -2.32. The number of nitrogens with zero attached hydrogens (tertiary/aromatic N) is 4. The summed E-state index contributed by atoms with van der Waals surface area (Å²) in [5, 5.41) is 0. The molecule has 0 radical (unpaired) electrons. The third-order valence-corrected chi connectivity index (χ3v) is 4.80. The Morgan fingerprint density at radius 3 is 2.57 bits per heavy atom. The van der Waals surface area contributed by atoms with E-state index in [1.54, 1.807) is 0 Å². The maximum Gasteiger partial charge on any atom is 0.227 e. The van der Waals surface area contributed by atoms with Crippen LogP contribution in [-0.4, -0.2) is 34.5 Å². The fourth-order valence-corrected chi connectivity index (χ4v) is 3.54. The zero-order valence-corrected chi connectivity index (χ0v) is 13.4. The molecule has 3 heterocycles. The highest BCUT2D eigenvalue weighted by Crippen LogP contribution is 2.26. The lowest BCUT2D eigenvalue weighted by atomic mass is 10.0. The highest BCUT2D eigenvalue weighted by Gasteiger charge is 2.24. The van der Waals surface area contributed by atoms with Gasteiger partial charge in [0.2, 0.25) is 5.95 Å². The molecule has 0 unspecified atom stereocenters. The van der Waals surface area contributed by atoms with Crippen molar-refractivity contribution in [1.29, 1.82) is 0 Å². The molecule has 0 amide bonds. The van der Waals surface area contributed by atoms with Gasteiger partial charge in [-0.1, -0.05) is 30.3 Å². The molecular weight excluding hydrogens is 286 g/mol. The van der Waals surface area contributed by atoms with Crippen molar-refractivity contribution in [2.45, 2.75) is 32.4 Å². The summed E-state index contributed by atoms with van der Waals surface area (Å²) in [5.41, 5.74) is 9.82. The van der Waals surface area contributed by atoms with Crippen LogP contribution in [0.2, 0.25) is 0 Å². The molecule has 5 heteroatoms. The Hall–Kier alpha value is -2.14. The van der Waals surface area contributed by atoms with E-state index in [1.165, 1.54) is 18.4 Å². The average Bonchev–Trinajstić information content (AvgIpc) is 3.10. The van der Waals surface area contributed by atoms with Crippen molar-refractivity contribution >= 4 is 11.8 Å². The fourth-order valence-electron chi connectivity index (χ4n) is 3.54. The summed E-state index contributed by atoms with van der Waals surface area (Å²) in [4.78, 5) is 14.1. The summed E-state index contributed by atoms with van der Waals surface area (Å²) in [6.45, 7) is 4.93. The first kappa shape index (κ1) is 14.5. The standard InChI is InChI=1S/C18H23N5/c19-17-15-8-11-22(12-14-6-2-1-3-7-14)13-16(15)20-18(21-17)23-9-4-5-10-23/h1-3,6-7H,4-5,8-13H2,(H2,19,20,21). The van der Waals surface area contributed by atoms with Crippen LogP contribution in [0.5, 0.6) is 0 Å². The maximum absolute atomic E-state index is 6.21. The zero-order chi connectivity index (χ0) is 15.6. The second-order valence-electron chi connectivity index (χ2n) is 6.47. The van der Waals surface area contributed by atoms with Crippen molar-refractivity contribution in [3.8, 4) is 0 Å². The van der Waals surface area contributed by atoms with Gasteiger partial charge in [-0.05, 0) is 24.8 Å². The molecule has 0 aliphatic carbocycles. The molecule has 23 heavy (non-hydrogen) atoms. The Balaban J connectivity index is 1.55. The number of rotatable bonds is 3. The predicted molar refractivity (Wildman–Crippen MR) is 92.2 cm³/mol. The second kappa shape index (κ2) is 6.16. The van der Waals surface area contributed by atoms with Gasteiger partial charge in [0.15, 0.2) is 0 Å². The molecule has 120 valence electrons. The monoisotopic (exact) mass is 309 g/mol. The Morgan fingerprint density at radius 2 is 1.78 bits per heavy atom. The summed E-state index contributed by atoms with van der Waals surface area (Å²) in [6.07, 6.45) is 3.38. The molecule has 1 aromatic heterocycles. The molecular formula is C18H23N5. The first-order valence-electron chi connectivity index (χ1n) is 8.46. The molecule has 0 saturated carbocycles. The predicted octanol–water partition coefficient (Wildman–Crippen LogP) is 2.22. The van der Waals surface area contributed by atoms with Crippen LogP contribution in [0.15, 0.2) is 30.3 Å². The highest BCUT2D eigenvalue weighted by atomic mass is 15.3. The van der Waals surface area contributed by atoms with E-state index in [-0.39, 0.29) is 0 Å². The summed E-state index contributed by atoms with van der Waals surface area (Å²) in [5.74, 6) is 1.50. The Morgan fingerprint density at radius 1 is 1.00 bits per heavy atom. The van der Waals surface area contributed by atoms with E-state index >= 15 is 0 Å². The van der Waals surface area contributed by atoms with Gasteiger partial charge >= 0.3 is 0 Å². The largest absolute Gasteiger partial charge is 0.383 e. The summed E-state index contributed by atoms with van der Waals surface area (Å²) >= 11 is 0. The van der Waals surface area contributed by atoms with Crippen LogP contribution >= 0.6 is 0 Å². The number of anilines is 2. The minimum absolute atomic E-state index is 0.677. The number of aromatic nitrogens is 2. The number of benzene rings is 1. The van der Waals surface area contributed by atoms with E-state index in [2.05, 4.69) is 45.1 Å². The van der Waals surface area contributed by atoms with Crippen LogP contribution in [0.4, 0.5) is 11.8 Å². The molecule has 1 saturated heterocycles. The van der Waals surface area contributed by atoms with Crippen LogP contribution in [0, 0.1) is 0 Å². The molecule has 0 spiro atoms.